The molecule has 4 aromatic rings. The van der Waals surface area contributed by atoms with Crippen LogP contribution in [0, 0.1) is 0 Å². The average molecular weight is 364 g/mol. The lowest BCUT2D eigenvalue weighted by molar-refractivity contribution is 0.415. The maximum atomic E-state index is 5.58. The molecule has 2 aromatic carbocycles. The number of thioether (sulfide) groups is 1. The molecular formula is C19H16N4O2S. The summed E-state index contributed by atoms with van der Waals surface area (Å²) in [5.74, 6) is 2.03. The zero-order chi connectivity index (χ0) is 17.8. The summed E-state index contributed by atoms with van der Waals surface area (Å²) in [6.07, 6.45) is 3.38. The second-order valence-electron chi connectivity index (χ2n) is 5.47. The van der Waals surface area contributed by atoms with Crippen LogP contribution in [0.1, 0.15) is 5.69 Å². The molecule has 2 heterocycles. The van der Waals surface area contributed by atoms with Crippen LogP contribution < -0.4 is 4.74 Å². The number of methoxy groups -OCH3 is 1. The van der Waals surface area contributed by atoms with Gasteiger partial charge in [0.25, 0.3) is 0 Å². The fourth-order valence-corrected chi connectivity index (χ4v) is 3.07. The molecule has 0 unspecified atom stereocenters. The minimum atomic E-state index is 0.589. The molecule has 0 aliphatic carbocycles. The van der Waals surface area contributed by atoms with Crippen molar-refractivity contribution in [3.05, 3.63) is 72.9 Å². The second-order valence-corrected chi connectivity index (χ2v) is 6.41. The first-order valence-corrected chi connectivity index (χ1v) is 8.99. The lowest BCUT2D eigenvalue weighted by atomic mass is 10.2. The van der Waals surface area contributed by atoms with E-state index < -0.39 is 0 Å². The minimum absolute atomic E-state index is 0.589. The summed E-state index contributed by atoms with van der Waals surface area (Å²) in [6.45, 7) is 0. The molecule has 0 aliphatic rings. The van der Waals surface area contributed by atoms with E-state index >= 15 is 0 Å². The van der Waals surface area contributed by atoms with Crippen LogP contribution in [-0.4, -0.2) is 26.9 Å². The average Bonchev–Trinajstić information content (AvgIpc) is 3.37. The van der Waals surface area contributed by atoms with Crippen molar-refractivity contribution in [2.75, 3.05) is 7.11 Å². The maximum Gasteiger partial charge on any atom is 0.226 e. The van der Waals surface area contributed by atoms with Gasteiger partial charge in [-0.2, -0.15) is 0 Å². The fourth-order valence-electron chi connectivity index (χ4n) is 2.40. The van der Waals surface area contributed by atoms with Gasteiger partial charge in [-0.05, 0) is 36.4 Å². The molecule has 0 N–H and O–H groups in total. The molecule has 0 amide bonds. The van der Waals surface area contributed by atoms with Crippen molar-refractivity contribution in [2.45, 2.75) is 10.9 Å². The smallest absolute Gasteiger partial charge is 0.226 e. The molecule has 0 aliphatic heterocycles. The summed E-state index contributed by atoms with van der Waals surface area (Å²) >= 11 is 1.52. The highest BCUT2D eigenvalue weighted by atomic mass is 32.2. The molecule has 26 heavy (non-hydrogen) atoms. The Morgan fingerprint density at radius 3 is 2.65 bits per heavy atom. The van der Waals surface area contributed by atoms with Crippen LogP contribution in [-0.2, 0) is 5.75 Å². The third-order valence-electron chi connectivity index (χ3n) is 3.73. The summed E-state index contributed by atoms with van der Waals surface area (Å²) < 4.78 is 12.5. The van der Waals surface area contributed by atoms with E-state index in [-0.39, 0.29) is 0 Å². The molecule has 7 heteroatoms. The van der Waals surface area contributed by atoms with E-state index in [1.807, 2.05) is 54.6 Å². The van der Waals surface area contributed by atoms with Crippen molar-refractivity contribution in [1.29, 1.82) is 0 Å². The molecular weight excluding hydrogens is 348 g/mol. The quantitative estimate of drug-likeness (QED) is 0.477. The number of hydrogen-bond acceptors (Lipinski definition) is 6. The van der Waals surface area contributed by atoms with Gasteiger partial charge in [-0.3, -0.25) is 0 Å². The van der Waals surface area contributed by atoms with E-state index in [1.54, 1.807) is 24.4 Å². The van der Waals surface area contributed by atoms with Gasteiger partial charge in [0.1, 0.15) is 18.3 Å². The molecule has 2 aromatic heterocycles. The van der Waals surface area contributed by atoms with Gasteiger partial charge >= 0.3 is 0 Å². The number of oxazole rings is 1. The van der Waals surface area contributed by atoms with Gasteiger partial charge in [-0.25, -0.2) is 14.6 Å². The Morgan fingerprint density at radius 1 is 1.08 bits per heavy atom. The van der Waals surface area contributed by atoms with Crippen molar-refractivity contribution in [3.63, 3.8) is 0 Å². The third-order valence-corrected chi connectivity index (χ3v) is 4.61. The van der Waals surface area contributed by atoms with E-state index in [9.17, 15) is 0 Å². The predicted molar refractivity (Wildman–Crippen MR) is 99.4 cm³/mol. The fraction of sp³-hybridized carbons (Fsp3) is 0.105. The minimum Gasteiger partial charge on any atom is -0.497 e. The predicted octanol–water partition coefficient (Wildman–Crippen LogP) is 4.22. The summed E-state index contributed by atoms with van der Waals surface area (Å²) in [4.78, 5) is 8.86. The van der Waals surface area contributed by atoms with Crippen molar-refractivity contribution in [2.24, 2.45) is 0 Å². The van der Waals surface area contributed by atoms with Gasteiger partial charge in [0.15, 0.2) is 0 Å². The van der Waals surface area contributed by atoms with Crippen LogP contribution in [0.25, 0.3) is 17.1 Å². The molecule has 6 nitrogen and oxygen atoms in total. The highest BCUT2D eigenvalue weighted by Crippen LogP contribution is 2.24. The second kappa shape index (κ2) is 7.45. The Labute approximate surface area is 154 Å². The Kier molecular flexibility index (Phi) is 4.70. The number of rotatable bonds is 6. The summed E-state index contributed by atoms with van der Waals surface area (Å²) in [5.41, 5.74) is 2.74. The number of hydrogen-bond donors (Lipinski definition) is 0. The van der Waals surface area contributed by atoms with Crippen molar-refractivity contribution in [1.82, 2.24) is 19.7 Å². The van der Waals surface area contributed by atoms with E-state index in [4.69, 9.17) is 9.15 Å². The van der Waals surface area contributed by atoms with Gasteiger partial charge in [0.05, 0.1) is 18.5 Å². The topological polar surface area (TPSA) is 66.0 Å². The number of benzene rings is 2. The third kappa shape index (κ3) is 3.62. The Bertz CT molecular complexity index is 980. The number of nitrogens with zero attached hydrogens (tertiary/aromatic N) is 4. The summed E-state index contributed by atoms with van der Waals surface area (Å²) in [5, 5.41) is 5.17. The van der Waals surface area contributed by atoms with Gasteiger partial charge in [0.2, 0.25) is 11.0 Å². The first-order valence-electron chi connectivity index (χ1n) is 8.00. The van der Waals surface area contributed by atoms with E-state index in [1.165, 1.54) is 11.8 Å². The molecule has 0 spiro atoms. The summed E-state index contributed by atoms with van der Waals surface area (Å²) in [7, 11) is 1.64. The monoisotopic (exact) mass is 364 g/mol. The zero-order valence-electron chi connectivity index (χ0n) is 14.1. The summed E-state index contributed by atoms with van der Waals surface area (Å²) in [6, 6.07) is 17.5. The van der Waals surface area contributed by atoms with Crippen LogP contribution in [0.4, 0.5) is 0 Å². The van der Waals surface area contributed by atoms with Crippen LogP contribution in [0.2, 0.25) is 0 Å². The highest BCUT2D eigenvalue weighted by molar-refractivity contribution is 7.98. The number of aromatic nitrogens is 4. The van der Waals surface area contributed by atoms with Gasteiger partial charge < -0.3 is 9.15 Å². The largest absolute Gasteiger partial charge is 0.497 e. The van der Waals surface area contributed by atoms with Crippen LogP contribution >= 0.6 is 11.8 Å². The van der Waals surface area contributed by atoms with Crippen LogP contribution in [0.5, 0.6) is 5.75 Å². The molecule has 0 saturated carbocycles. The molecule has 0 bridgehead atoms. The zero-order valence-corrected chi connectivity index (χ0v) is 14.9. The van der Waals surface area contributed by atoms with Crippen LogP contribution in [0.3, 0.4) is 0 Å². The number of ether oxygens (including phenoxy) is 1. The molecule has 0 radical (unpaired) electrons. The van der Waals surface area contributed by atoms with E-state index in [2.05, 4.69) is 15.1 Å². The molecule has 4 rings (SSSR count). The lowest BCUT2D eigenvalue weighted by Crippen LogP contribution is -1.93. The van der Waals surface area contributed by atoms with Gasteiger partial charge in [-0.1, -0.05) is 30.0 Å². The Hall–Kier alpha value is -3.06. The van der Waals surface area contributed by atoms with Crippen molar-refractivity contribution < 1.29 is 9.15 Å². The van der Waals surface area contributed by atoms with Gasteiger partial charge in [0, 0.05) is 11.3 Å². The maximum absolute atomic E-state index is 5.58. The number of para-hydroxylation sites is 1. The Balaban J connectivity index is 1.41. The van der Waals surface area contributed by atoms with E-state index in [0.717, 1.165) is 22.7 Å². The van der Waals surface area contributed by atoms with E-state index in [0.29, 0.717) is 16.8 Å². The standard InChI is InChI=1S/C19H16N4O2S/c1-24-17-9-7-14(8-10-17)18-21-15(11-25-18)12-26-19-20-13-23(22-19)16-5-3-2-4-6-16/h2-11,13H,12H2,1H3. The molecule has 130 valence electrons. The molecule has 0 fully saturated rings. The van der Waals surface area contributed by atoms with Crippen LogP contribution in [0.15, 0.2) is 76.8 Å². The highest BCUT2D eigenvalue weighted by Gasteiger charge is 2.09. The lowest BCUT2D eigenvalue weighted by Gasteiger charge is -1.99. The van der Waals surface area contributed by atoms with Crippen molar-refractivity contribution in [3.8, 4) is 22.9 Å². The first kappa shape index (κ1) is 16.4. The molecule has 0 saturated heterocycles. The molecule has 0 atom stereocenters. The first-order chi connectivity index (χ1) is 12.8. The SMILES string of the molecule is COc1ccc(-c2nc(CSc3ncn(-c4ccccc4)n3)co2)cc1. The van der Waals surface area contributed by atoms with Crippen molar-refractivity contribution >= 4 is 11.8 Å². The Morgan fingerprint density at radius 2 is 1.88 bits per heavy atom. The van der Waals surface area contributed by atoms with Gasteiger partial charge in [-0.15, -0.1) is 5.10 Å². The normalized spacial score (nSPS) is 10.8.